The highest BCUT2D eigenvalue weighted by molar-refractivity contribution is 6.30. The van der Waals surface area contributed by atoms with Crippen molar-refractivity contribution >= 4 is 33.4 Å². The molecular formula is C34H4F6N8. The molecule has 0 saturated carbocycles. The van der Waals surface area contributed by atoms with Crippen LogP contribution in [0.1, 0.15) is 44.5 Å². The van der Waals surface area contributed by atoms with Crippen molar-refractivity contribution in [1.29, 1.82) is 42.1 Å². The molecule has 0 radical (unpaired) electrons. The molecule has 0 N–H and O–H groups in total. The highest BCUT2D eigenvalue weighted by Gasteiger charge is 2.45. The number of allylic oxidation sites excluding steroid dienone is 8. The number of hydrogen-bond donors (Lipinski definition) is 0. The molecule has 2 aliphatic carbocycles. The monoisotopic (exact) mass is 638 g/mol. The second-order valence-corrected chi connectivity index (χ2v) is 9.65. The Morgan fingerprint density at radius 3 is 1.04 bits per heavy atom. The Morgan fingerprint density at radius 1 is 0.417 bits per heavy atom. The van der Waals surface area contributed by atoms with Crippen molar-refractivity contribution in [3.05, 3.63) is 115 Å². The molecule has 0 saturated heterocycles. The molecule has 8 nitrogen and oxygen atoms in total. The van der Waals surface area contributed by atoms with Crippen LogP contribution in [-0.4, -0.2) is 0 Å². The largest absolute Gasteiger partial charge is 0.206 e. The quantitative estimate of drug-likeness (QED) is 0.217. The van der Waals surface area contributed by atoms with E-state index in [1.165, 1.54) is 48.6 Å². The van der Waals surface area contributed by atoms with Gasteiger partial charge in [0.15, 0.2) is 0 Å². The lowest BCUT2D eigenvalue weighted by molar-refractivity contribution is 0.578. The predicted molar refractivity (Wildman–Crippen MR) is 150 cm³/mol. The highest BCUT2D eigenvalue weighted by atomic mass is 19.2. The minimum atomic E-state index is -1.67. The Hall–Kier alpha value is -7.88. The molecule has 0 spiro atoms. The van der Waals surface area contributed by atoms with Crippen molar-refractivity contribution in [2.24, 2.45) is 0 Å². The topological polar surface area (TPSA) is 190 Å². The van der Waals surface area contributed by atoms with E-state index in [1.807, 2.05) is 0 Å². The summed E-state index contributed by atoms with van der Waals surface area (Å²) < 4.78 is 93.0. The summed E-state index contributed by atoms with van der Waals surface area (Å²) in [5, 5.41) is 78.2. The smallest absolute Gasteiger partial charge is 0.143 e. The van der Waals surface area contributed by atoms with Gasteiger partial charge in [-0.1, -0.05) is 0 Å². The number of nitriles is 8. The Bertz CT molecular complexity index is 2400. The first-order valence-corrected chi connectivity index (χ1v) is 12.7. The zero-order chi connectivity index (χ0) is 35.2. The van der Waals surface area contributed by atoms with Gasteiger partial charge in [0, 0.05) is 67.8 Å². The number of rotatable bonds is 2. The molecule has 0 aromatic heterocycles. The van der Waals surface area contributed by atoms with Crippen LogP contribution in [0.25, 0.3) is 33.4 Å². The molecule has 0 heterocycles. The lowest BCUT2D eigenvalue weighted by atomic mass is 9.87. The average Bonchev–Trinajstić information content (AvgIpc) is 3.59. The van der Waals surface area contributed by atoms with E-state index >= 15 is 17.6 Å². The Labute approximate surface area is 265 Å². The summed E-state index contributed by atoms with van der Waals surface area (Å²) in [6, 6.07) is 13.2. The first-order chi connectivity index (χ1) is 23.0. The summed E-state index contributed by atoms with van der Waals surface area (Å²) in [7, 11) is 0. The van der Waals surface area contributed by atoms with Crippen molar-refractivity contribution in [2.75, 3.05) is 0 Å². The van der Waals surface area contributed by atoms with Crippen molar-refractivity contribution in [3.8, 4) is 48.6 Å². The fourth-order valence-electron chi connectivity index (χ4n) is 5.57. The van der Waals surface area contributed by atoms with Crippen molar-refractivity contribution < 1.29 is 26.3 Å². The maximum absolute atomic E-state index is 17.1. The number of halogens is 6. The van der Waals surface area contributed by atoms with Crippen LogP contribution >= 0.6 is 0 Å². The first kappa shape index (κ1) is 31.5. The van der Waals surface area contributed by atoms with Crippen molar-refractivity contribution in [2.45, 2.75) is 0 Å². The molecule has 3 aromatic rings. The molecule has 222 valence electrons. The maximum Gasteiger partial charge on any atom is 0.143 e. The molecular weight excluding hydrogens is 634 g/mol. The molecule has 0 unspecified atom stereocenters. The number of benzene rings is 3. The van der Waals surface area contributed by atoms with E-state index in [9.17, 15) is 50.9 Å². The SMILES string of the molecule is N#CC(C#N)=C1C(c2cc(C#N)c(F)cc2F)=C(C#N)c2c(F)c3c(c(F)c21)C(=C(C#N)C#N)C(c1cc(C#N)c(F)cc1F)=C3C#N. The van der Waals surface area contributed by atoms with Crippen LogP contribution < -0.4 is 0 Å². The Kier molecular flexibility index (Phi) is 7.60. The van der Waals surface area contributed by atoms with Crippen LogP contribution in [0.4, 0.5) is 26.3 Å². The van der Waals surface area contributed by atoms with E-state index in [2.05, 4.69) is 0 Å². The van der Waals surface area contributed by atoms with E-state index in [1.54, 1.807) is 0 Å². The fourth-order valence-corrected chi connectivity index (χ4v) is 5.57. The van der Waals surface area contributed by atoms with Gasteiger partial charge in [0.05, 0.1) is 22.3 Å². The Balaban J connectivity index is 2.08. The van der Waals surface area contributed by atoms with Crippen molar-refractivity contribution in [3.63, 3.8) is 0 Å². The minimum Gasteiger partial charge on any atom is -0.206 e. The lowest BCUT2D eigenvalue weighted by Gasteiger charge is -2.15. The molecule has 5 rings (SSSR count). The van der Waals surface area contributed by atoms with Gasteiger partial charge in [-0.25, -0.2) is 26.3 Å². The normalized spacial score (nSPS) is 12.4. The third-order valence-corrected chi connectivity index (χ3v) is 7.44. The Morgan fingerprint density at radius 2 is 0.750 bits per heavy atom. The van der Waals surface area contributed by atoms with Crippen LogP contribution in [0.3, 0.4) is 0 Å². The minimum absolute atomic E-state index is 0.226. The van der Waals surface area contributed by atoms with Gasteiger partial charge in [0.25, 0.3) is 0 Å². The van der Waals surface area contributed by atoms with Gasteiger partial charge in [-0.3, -0.25) is 0 Å². The van der Waals surface area contributed by atoms with Crippen molar-refractivity contribution in [1.82, 2.24) is 0 Å². The zero-order valence-corrected chi connectivity index (χ0v) is 23.2. The van der Waals surface area contributed by atoms with Crippen LogP contribution in [0.2, 0.25) is 0 Å². The molecule has 0 amide bonds. The van der Waals surface area contributed by atoms with E-state index in [0.717, 1.165) is 0 Å². The van der Waals surface area contributed by atoms with E-state index < -0.39 is 124 Å². The zero-order valence-electron chi connectivity index (χ0n) is 23.2. The van der Waals surface area contributed by atoms with E-state index in [4.69, 9.17) is 0 Å². The summed E-state index contributed by atoms with van der Waals surface area (Å²) in [5.74, 6) is -8.97. The van der Waals surface area contributed by atoms with Gasteiger partial charge in [0.2, 0.25) is 0 Å². The summed E-state index contributed by atoms with van der Waals surface area (Å²) >= 11 is 0. The molecule has 0 bridgehead atoms. The molecule has 0 atom stereocenters. The van der Waals surface area contributed by atoms with E-state index in [0.29, 0.717) is 12.1 Å². The summed E-state index contributed by atoms with van der Waals surface area (Å²) in [5.41, 5.74) is -14.8. The molecule has 2 aliphatic rings. The second-order valence-electron chi connectivity index (χ2n) is 9.65. The predicted octanol–water partition coefficient (Wildman–Crippen LogP) is 6.76. The third-order valence-electron chi connectivity index (χ3n) is 7.44. The molecule has 48 heavy (non-hydrogen) atoms. The number of fused-ring (bicyclic) bond motifs is 2. The van der Waals surface area contributed by atoms with Crippen LogP contribution in [0, 0.1) is 126 Å². The lowest BCUT2D eigenvalue weighted by Crippen LogP contribution is -2.05. The van der Waals surface area contributed by atoms with Crippen LogP contribution in [0.15, 0.2) is 35.4 Å². The van der Waals surface area contributed by atoms with Gasteiger partial charge in [-0.05, 0) is 12.1 Å². The van der Waals surface area contributed by atoms with Crippen LogP contribution in [0.5, 0.6) is 0 Å². The second kappa shape index (κ2) is 11.6. The first-order valence-electron chi connectivity index (χ1n) is 12.7. The molecule has 0 aliphatic heterocycles. The maximum atomic E-state index is 17.1. The van der Waals surface area contributed by atoms with Gasteiger partial charge in [0.1, 0.15) is 94.6 Å². The van der Waals surface area contributed by atoms with Gasteiger partial charge >= 0.3 is 0 Å². The fraction of sp³-hybridized carbons (Fsp3) is 0. The summed E-state index contributed by atoms with van der Waals surface area (Å²) in [4.78, 5) is 0. The highest BCUT2D eigenvalue weighted by Crippen LogP contribution is 2.57. The summed E-state index contributed by atoms with van der Waals surface area (Å²) in [6.07, 6.45) is 0. The summed E-state index contributed by atoms with van der Waals surface area (Å²) in [6.45, 7) is 0. The van der Waals surface area contributed by atoms with Gasteiger partial charge in [-0.2, -0.15) is 42.1 Å². The van der Waals surface area contributed by atoms with Gasteiger partial charge < -0.3 is 0 Å². The van der Waals surface area contributed by atoms with Crippen LogP contribution in [-0.2, 0) is 0 Å². The van der Waals surface area contributed by atoms with Gasteiger partial charge in [-0.15, -0.1) is 0 Å². The molecule has 14 heteroatoms. The third kappa shape index (κ3) is 4.18. The van der Waals surface area contributed by atoms with E-state index in [-0.39, 0.29) is 12.1 Å². The molecule has 3 aromatic carbocycles. The number of hydrogen-bond acceptors (Lipinski definition) is 8. The number of nitrogens with zero attached hydrogens (tertiary/aromatic N) is 8. The standard InChI is InChI=1S/C34H4F6N8/c35-21-3-23(37)17(1-13(21)5-41)27-19(11-47)29-31(25(27)15(7-43)8-44)34(40)32-26(16(9-45)10-46)28(20(12-48)30(32)33(29)39)18-2-14(6-42)22(36)4-24(18)38/h1-4H. The molecule has 0 fully saturated rings. The average molecular weight is 638 g/mol.